The maximum absolute atomic E-state index is 3.50. The van der Waals surface area contributed by atoms with Crippen molar-refractivity contribution in [1.82, 2.24) is 4.98 Å². The van der Waals surface area contributed by atoms with Crippen LogP contribution in [0.5, 0.6) is 0 Å². The monoisotopic (exact) mass is 251 g/mol. The van der Waals surface area contributed by atoms with E-state index in [0.717, 1.165) is 10.9 Å². The minimum atomic E-state index is 0.702. The molecule has 2 heteroatoms. The summed E-state index contributed by atoms with van der Waals surface area (Å²) in [5, 5.41) is 1.34. The third-order valence-corrected chi connectivity index (χ3v) is 2.85. The van der Waals surface area contributed by atoms with Gasteiger partial charge in [0.05, 0.1) is 0 Å². The normalized spacial score (nSPS) is 11.4. The van der Waals surface area contributed by atoms with E-state index in [1.54, 1.807) is 0 Å². The lowest BCUT2D eigenvalue weighted by molar-refractivity contribution is 0.650. The predicted molar refractivity (Wildman–Crippen MR) is 64.5 cm³/mol. The van der Waals surface area contributed by atoms with E-state index < -0.39 is 0 Å². The number of halogens is 1. The summed E-state index contributed by atoms with van der Waals surface area (Å²) in [7, 11) is 0. The number of benzene rings is 1. The molecule has 0 fully saturated rings. The quantitative estimate of drug-likeness (QED) is 0.827. The summed E-state index contributed by atoms with van der Waals surface area (Å²) in [5.41, 5.74) is 2.64. The SMILES string of the molecule is CC(C)Cc1c[nH]c2ccc(Br)cc12. The van der Waals surface area contributed by atoms with Crippen LogP contribution >= 0.6 is 15.9 Å². The van der Waals surface area contributed by atoms with Gasteiger partial charge in [-0.2, -0.15) is 0 Å². The average molecular weight is 252 g/mol. The summed E-state index contributed by atoms with van der Waals surface area (Å²) in [5.74, 6) is 0.702. The second-order valence-electron chi connectivity index (χ2n) is 4.10. The van der Waals surface area contributed by atoms with Crippen LogP contribution in [0.15, 0.2) is 28.9 Å². The van der Waals surface area contributed by atoms with Gasteiger partial charge in [0, 0.05) is 21.6 Å². The van der Waals surface area contributed by atoms with Gasteiger partial charge < -0.3 is 4.98 Å². The maximum Gasteiger partial charge on any atom is 0.0457 e. The Bertz CT molecular complexity index is 443. The Labute approximate surface area is 92.6 Å². The van der Waals surface area contributed by atoms with Gasteiger partial charge in [-0.25, -0.2) is 0 Å². The number of rotatable bonds is 2. The molecule has 0 aliphatic carbocycles. The second-order valence-corrected chi connectivity index (χ2v) is 5.02. The Hall–Kier alpha value is -0.760. The lowest BCUT2D eigenvalue weighted by Gasteiger charge is -2.02. The molecule has 0 saturated heterocycles. The second kappa shape index (κ2) is 3.77. The van der Waals surface area contributed by atoms with E-state index in [9.17, 15) is 0 Å². The number of nitrogens with one attached hydrogen (secondary N) is 1. The standard InChI is InChI=1S/C12H14BrN/c1-8(2)5-9-7-14-12-4-3-10(13)6-11(9)12/h3-4,6-8,14H,5H2,1-2H3. The lowest BCUT2D eigenvalue weighted by atomic mass is 10.0. The topological polar surface area (TPSA) is 15.8 Å². The Balaban J connectivity index is 2.50. The van der Waals surface area contributed by atoms with Gasteiger partial charge >= 0.3 is 0 Å². The summed E-state index contributed by atoms with van der Waals surface area (Å²) in [6, 6.07) is 6.37. The molecule has 74 valence electrons. The average Bonchev–Trinajstić information content (AvgIpc) is 2.47. The Morgan fingerprint density at radius 2 is 2.14 bits per heavy atom. The molecule has 0 atom stereocenters. The van der Waals surface area contributed by atoms with Crippen LogP contribution in [0.3, 0.4) is 0 Å². The number of hydrogen-bond donors (Lipinski definition) is 1. The first-order valence-electron chi connectivity index (χ1n) is 4.92. The fourth-order valence-corrected chi connectivity index (χ4v) is 2.12. The minimum Gasteiger partial charge on any atom is -0.361 e. The molecule has 0 spiro atoms. The van der Waals surface area contributed by atoms with Crippen LogP contribution < -0.4 is 0 Å². The molecule has 0 unspecified atom stereocenters. The number of hydrogen-bond acceptors (Lipinski definition) is 0. The highest BCUT2D eigenvalue weighted by Crippen LogP contribution is 2.24. The van der Waals surface area contributed by atoms with E-state index in [2.05, 4.69) is 59.2 Å². The smallest absolute Gasteiger partial charge is 0.0457 e. The lowest BCUT2D eigenvalue weighted by Crippen LogP contribution is -1.92. The Morgan fingerprint density at radius 1 is 1.36 bits per heavy atom. The van der Waals surface area contributed by atoms with Gasteiger partial charge in [0.15, 0.2) is 0 Å². The van der Waals surface area contributed by atoms with Crippen molar-refractivity contribution < 1.29 is 0 Å². The Kier molecular flexibility index (Phi) is 2.64. The van der Waals surface area contributed by atoms with Crippen LogP contribution in [-0.4, -0.2) is 4.98 Å². The zero-order valence-corrected chi connectivity index (χ0v) is 10.1. The molecule has 2 rings (SSSR count). The highest BCUT2D eigenvalue weighted by Gasteiger charge is 2.05. The van der Waals surface area contributed by atoms with Crippen molar-refractivity contribution in [1.29, 1.82) is 0 Å². The van der Waals surface area contributed by atoms with Gasteiger partial charge in [-0.3, -0.25) is 0 Å². The van der Waals surface area contributed by atoms with Gasteiger partial charge in [0.25, 0.3) is 0 Å². The highest BCUT2D eigenvalue weighted by atomic mass is 79.9. The molecule has 1 nitrogen and oxygen atoms in total. The first-order valence-corrected chi connectivity index (χ1v) is 5.71. The van der Waals surface area contributed by atoms with Crippen molar-refractivity contribution in [3.05, 3.63) is 34.4 Å². The molecular formula is C12H14BrN. The predicted octanol–water partition coefficient (Wildman–Crippen LogP) is 4.13. The largest absolute Gasteiger partial charge is 0.361 e. The molecule has 0 aliphatic rings. The van der Waals surface area contributed by atoms with Crippen LogP contribution in [0.4, 0.5) is 0 Å². The zero-order chi connectivity index (χ0) is 10.1. The first kappa shape index (κ1) is 9.78. The van der Waals surface area contributed by atoms with Crippen molar-refractivity contribution in [3.63, 3.8) is 0 Å². The molecule has 2 aromatic rings. The molecule has 1 heterocycles. The highest BCUT2D eigenvalue weighted by molar-refractivity contribution is 9.10. The molecule has 0 bridgehead atoms. The molecule has 0 radical (unpaired) electrons. The molecule has 0 saturated carbocycles. The van der Waals surface area contributed by atoms with Crippen molar-refractivity contribution in [2.24, 2.45) is 5.92 Å². The summed E-state index contributed by atoms with van der Waals surface area (Å²) >= 11 is 3.50. The van der Waals surface area contributed by atoms with Crippen LogP contribution in [-0.2, 0) is 6.42 Å². The number of fused-ring (bicyclic) bond motifs is 1. The van der Waals surface area contributed by atoms with Crippen LogP contribution in [0, 0.1) is 5.92 Å². The molecule has 1 aromatic heterocycles. The van der Waals surface area contributed by atoms with Crippen molar-refractivity contribution in [3.8, 4) is 0 Å². The minimum absolute atomic E-state index is 0.702. The number of aromatic amines is 1. The summed E-state index contributed by atoms with van der Waals surface area (Å²) < 4.78 is 1.15. The van der Waals surface area contributed by atoms with E-state index in [1.165, 1.54) is 16.5 Å². The molecular weight excluding hydrogens is 238 g/mol. The van der Waals surface area contributed by atoms with E-state index in [0.29, 0.717) is 5.92 Å². The van der Waals surface area contributed by atoms with Crippen LogP contribution in [0.1, 0.15) is 19.4 Å². The third-order valence-electron chi connectivity index (χ3n) is 2.36. The van der Waals surface area contributed by atoms with E-state index in [4.69, 9.17) is 0 Å². The van der Waals surface area contributed by atoms with Crippen molar-refractivity contribution >= 4 is 26.8 Å². The molecule has 0 aliphatic heterocycles. The Morgan fingerprint density at radius 3 is 2.86 bits per heavy atom. The number of H-pyrrole nitrogens is 1. The first-order chi connectivity index (χ1) is 6.66. The molecule has 1 N–H and O–H groups in total. The van der Waals surface area contributed by atoms with E-state index >= 15 is 0 Å². The van der Waals surface area contributed by atoms with Gasteiger partial charge in [0.2, 0.25) is 0 Å². The van der Waals surface area contributed by atoms with E-state index in [-0.39, 0.29) is 0 Å². The van der Waals surface area contributed by atoms with E-state index in [1.807, 2.05) is 0 Å². The van der Waals surface area contributed by atoms with Crippen LogP contribution in [0.2, 0.25) is 0 Å². The zero-order valence-electron chi connectivity index (χ0n) is 8.47. The van der Waals surface area contributed by atoms with Gasteiger partial charge in [0.1, 0.15) is 0 Å². The maximum atomic E-state index is 3.50. The van der Waals surface area contributed by atoms with Gasteiger partial charge in [-0.05, 0) is 36.1 Å². The summed E-state index contributed by atoms with van der Waals surface area (Å²) in [6.45, 7) is 4.49. The van der Waals surface area contributed by atoms with Gasteiger partial charge in [-0.1, -0.05) is 29.8 Å². The molecule has 0 amide bonds. The number of aromatic nitrogens is 1. The summed E-state index contributed by atoms with van der Waals surface area (Å²) in [6.07, 6.45) is 3.26. The van der Waals surface area contributed by atoms with Crippen molar-refractivity contribution in [2.45, 2.75) is 20.3 Å². The molecule has 1 aromatic carbocycles. The van der Waals surface area contributed by atoms with Crippen LogP contribution in [0.25, 0.3) is 10.9 Å². The van der Waals surface area contributed by atoms with Gasteiger partial charge in [-0.15, -0.1) is 0 Å². The third kappa shape index (κ3) is 1.85. The fraction of sp³-hybridized carbons (Fsp3) is 0.333. The molecule has 14 heavy (non-hydrogen) atoms. The van der Waals surface area contributed by atoms with Crippen molar-refractivity contribution in [2.75, 3.05) is 0 Å². The fourth-order valence-electron chi connectivity index (χ4n) is 1.76. The summed E-state index contributed by atoms with van der Waals surface area (Å²) in [4.78, 5) is 3.30.